The molecule has 0 radical (unpaired) electrons. The van der Waals surface area contributed by atoms with Crippen molar-refractivity contribution in [3.05, 3.63) is 25.3 Å². The monoisotopic (exact) mass is 456 g/mol. The Labute approximate surface area is 174 Å². The van der Waals surface area contributed by atoms with Crippen molar-refractivity contribution in [2.45, 2.75) is 0 Å². The molecule has 0 aliphatic heterocycles. The third kappa shape index (κ3) is 17.9. The van der Waals surface area contributed by atoms with Gasteiger partial charge in [-0.25, -0.2) is 9.59 Å². The van der Waals surface area contributed by atoms with Gasteiger partial charge in [0.15, 0.2) is 0 Å². The van der Waals surface area contributed by atoms with Crippen LogP contribution in [0, 0.1) is 0 Å². The molecule has 0 saturated heterocycles. The number of carbonyl (C=O) groups is 4. The van der Waals surface area contributed by atoms with Gasteiger partial charge in [0.25, 0.3) is 0 Å². The molecule has 0 atom stereocenters. The molecule has 12 heteroatoms. The molecule has 0 aromatic heterocycles. The van der Waals surface area contributed by atoms with E-state index in [1.54, 1.807) is 0 Å². The van der Waals surface area contributed by atoms with Crippen LogP contribution in [0.2, 0.25) is 0 Å². The van der Waals surface area contributed by atoms with Crippen LogP contribution in [0.25, 0.3) is 0 Å². The minimum Gasteiger partial charge on any atom is -0.462 e. The fraction of sp³-hybridized carbons (Fsp3) is 0.467. The zero-order valence-electron chi connectivity index (χ0n) is 14.4. The second-order valence-electron chi connectivity index (χ2n) is 4.11. The van der Waals surface area contributed by atoms with E-state index in [9.17, 15) is 19.2 Å². The highest BCUT2D eigenvalue weighted by atomic mass is 32.2. The molecule has 0 N–H and O–H groups in total. The lowest BCUT2D eigenvalue weighted by Gasteiger charge is -2.04. The van der Waals surface area contributed by atoms with Gasteiger partial charge in [0.05, 0.1) is 47.1 Å². The first kappa shape index (κ1) is 25.8. The van der Waals surface area contributed by atoms with Gasteiger partial charge in [0, 0.05) is 17.2 Å². The van der Waals surface area contributed by atoms with Crippen molar-refractivity contribution in [1.82, 2.24) is 0 Å². The predicted molar refractivity (Wildman–Crippen MR) is 109 cm³/mol. The zero-order valence-corrected chi connectivity index (χ0v) is 17.7. The van der Waals surface area contributed by atoms with E-state index >= 15 is 0 Å². The quantitative estimate of drug-likeness (QED) is 0.112. The third-order valence-electron chi connectivity index (χ3n) is 2.07. The van der Waals surface area contributed by atoms with E-state index < -0.39 is 23.9 Å². The Morgan fingerprint density at radius 2 is 1.15 bits per heavy atom. The van der Waals surface area contributed by atoms with Crippen molar-refractivity contribution in [2.75, 3.05) is 41.3 Å². The lowest BCUT2D eigenvalue weighted by atomic mass is 10.6. The lowest BCUT2D eigenvalue weighted by Crippen LogP contribution is -2.08. The number of ether oxygens (including phenoxy) is 2. The third-order valence-corrected chi connectivity index (χ3v) is 5.55. The minimum atomic E-state index is -0.525. The highest BCUT2D eigenvalue weighted by molar-refractivity contribution is 8.16. The van der Waals surface area contributed by atoms with E-state index in [0.29, 0.717) is 16.6 Å². The Kier molecular flexibility index (Phi) is 17.3. The number of rotatable bonds is 16. The molecule has 8 nitrogen and oxygen atoms in total. The van der Waals surface area contributed by atoms with E-state index in [1.807, 2.05) is 0 Å². The van der Waals surface area contributed by atoms with Gasteiger partial charge < -0.3 is 17.8 Å². The van der Waals surface area contributed by atoms with Crippen molar-refractivity contribution < 1.29 is 37.0 Å². The molecule has 27 heavy (non-hydrogen) atoms. The number of thioether (sulfide) groups is 2. The van der Waals surface area contributed by atoms with Gasteiger partial charge in [-0.05, 0) is 0 Å². The molecule has 0 spiro atoms. The van der Waals surface area contributed by atoms with Crippen LogP contribution < -0.4 is 0 Å². The summed E-state index contributed by atoms with van der Waals surface area (Å²) in [5, 5.41) is 0.521. The van der Waals surface area contributed by atoms with Gasteiger partial charge in [-0.15, -0.1) is 23.5 Å². The highest BCUT2D eigenvalue weighted by Crippen LogP contribution is 2.15. The fourth-order valence-corrected chi connectivity index (χ4v) is 3.63. The molecule has 0 heterocycles. The van der Waals surface area contributed by atoms with Gasteiger partial charge >= 0.3 is 23.9 Å². The summed E-state index contributed by atoms with van der Waals surface area (Å²) in [7, 11) is 0. The number of hydrogen-bond acceptors (Lipinski definition) is 12. The maximum atomic E-state index is 11.4. The molecule has 0 amide bonds. The Morgan fingerprint density at radius 3 is 1.52 bits per heavy atom. The van der Waals surface area contributed by atoms with E-state index in [4.69, 9.17) is 17.8 Å². The van der Waals surface area contributed by atoms with Gasteiger partial charge in [0.2, 0.25) is 0 Å². The average Bonchev–Trinajstić information content (AvgIpc) is 2.66. The molecule has 0 aromatic rings. The van der Waals surface area contributed by atoms with Crippen molar-refractivity contribution in [3.8, 4) is 0 Å². The molecule has 0 aliphatic carbocycles. The standard InChI is InChI=1S/C15H20O8S4/c1-3-12(16)20-5-7-26-22-14(18)9-24-11-25-10-15(19)23-27-8-6-21-13(17)4-2/h3-4H,1-2,5-11H2. The first-order valence-electron chi connectivity index (χ1n) is 7.38. The van der Waals surface area contributed by atoms with Gasteiger partial charge in [-0.2, -0.15) is 0 Å². The highest BCUT2D eigenvalue weighted by Gasteiger charge is 2.07. The summed E-state index contributed by atoms with van der Waals surface area (Å²) in [6.07, 6.45) is 2.11. The molecule has 0 aliphatic rings. The minimum absolute atomic E-state index is 0.128. The normalized spacial score (nSPS) is 9.78. The van der Waals surface area contributed by atoms with Gasteiger partial charge in [-0.1, -0.05) is 13.2 Å². The summed E-state index contributed by atoms with van der Waals surface area (Å²) in [6.45, 7) is 6.77. The summed E-state index contributed by atoms with van der Waals surface area (Å²) < 4.78 is 19.2. The van der Waals surface area contributed by atoms with E-state index in [2.05, 4.69) is 13.2 Å². The first-order valence-corrected chi connectivity index (χ1v) is 11.5. The molecular formula is C15H20O8S4. The Hall–Kier alpha value is -1.24. The summed E-state index contributed by atoms with van der Waals surface area (Å²) in [6, 6.07) is 0. The smallest absolute Gasteiger partial charge is 0.330 e. The van der Waals surface area contributed by atoms with E-state index in [0.717, 1.165) is 36.2 Å². The van der Waals surface area contributed by atoms with E-state index in [-0.39, 0.29) is 24.7 Å². The van der Waals surface area contributed by atoms with Crippen molar-refractivity contribution >= 4 is 71.5 Å². The molecule has 0 saturated carbocycles. The molecular weight excluding hydrogens is 436 g/mol. The van der Waals surface area contributed by atoms with Crippen LogP contribution in [0.1, 0.15) is 0 Å². The molecule has 0 rings (SSSR count). The van der Waals surface area contributed by atoms with Gasteiger partial charge in [-0.3, -0.25) is 9.59 Å². The summed E-state index contributed by atoms with van der Waals surface area (Å²) in [4.78, 5) is 44.4. The molecule has 0 unspecified atom stereocenters. The maximum absolute atomic E-state index is 11.4. The number of esters is 2. The predicted octanol–water partition coefficient (Wildman–Crippen LogP) is 2.25. The maximum Gasteiger partial charge on any atom is 0.330 e. The largest absolute Gasteiger partial charge is 0.462 e. The number of hydrogen-bond donors (Lipinski definition) is 0. The summed E-state index contributed by atoms with van der Waals surface area (Å²) >= 11 is 4.42. The van der Waals surface area contributed by atoms with E-state index in [1.165, 1.54) is 23.5 Å². The van der Waals surface area contributed by atoms with Gasteiger partial charge in [0.1, 0.15) is 13.2 Å². The topological polar surface area (TPSA) is 105 Å². The molecule has 0 aromatic carbocycles. The molecule has 0 fully saturated rings. The second-order valence-corrected chi connectivity index (χ2v) is 8.07. The van der Waals surface area contributed by atoms with Crippen LogP contribution in [0.15, 0.2) is 25.3 Å². The van der Waals surface area contributed by atoms with Crippen LogP contribution in [0.4, 0.5) is 0 Å². The van der Waals surface area contributed by atoms with Crippen molar-refractivity contribution in [1.29, 1.82) is 0 Å². The number of carbonyl (C=O) groups excluding carboxylic acids is 4. The van der Waals surface area contributed by atoms with Crippen LogP contribution >= 0.6 is 47.6 Å². The van der Waals surface area contributed by atoms with Crippen LogP contribution in [-0.2, 0) is 37.0 Å². The Balaban J connectivity index is 3.43. The lowest BCUT2D eigenvalue weighted by molar-refractivity contribution is -0.138. The molecule has 152 valence electrons. The Morgan fingerprint density at radius 1 is 0.741 bits per heavy atom. The summed E-state index contributed by atoms with van der Waals surface area (Å²) in [5.41, 5.74) is 0. The zero-order chi connectivity index (χ0) is 20.3. The first-order chi connectivity index (χ1) is 13.0. The molecule has 0 bridgehead atoms. The SMILES string of the molecule is C=CC(=O)OCCSOC(=O)CSCSCC(=O)OSCCOC(=O)C=C. The van der Waals surface area contributed by atoms with Crippen LogP contribution in [0.5, 0.6) is 0 Å². The van der Waals surface area contributed by atoms with Crippen molar-refractivity contribution in [3.63, 3.8) is 0 Å². The summed E-state index contributed by atoms with van der Waals surface area (Å²) in [5.74, 6) is -0.913. The average molecular weight is 457 g/mol. The Bertz CT molecular complexity index is 468. The van der Waals surface area contributed by atoms with Crippen molar-refractivity contribution in [2.24, 2.45) is 0 Å². The second kappa shape index (κ2) is 18.1. The van der Waals surface area contributed by atoms with Crippen LogP contribution in [0.3, 0.4) is 0 Å². The van der Waals surface area contributed by atoms with Crippen LogP contribution in [-0.4, -0.2) is 65.2 Å². The fourth-order valence-electron chi connectivity index (χ4n) is 1.04.